The number of fused-ring (bicyclic) bond motifs is 3. The summed E-state index contributed by atoms with van der Waals surface area (Å²) in [6, 6.07) is 13.0. The normalized spacial score (nSPS) is 19.6. The molecule has 0 amide bonds. The molecule has 0 saturated carbocycles. The topological polar surface area (TPSA) is 73.8 Å². The van der Waals surface area contributed by atoms with Crippen molar-refractivity contribution in [2.45, 2.75) is 158 Å². The Labute approximate surface area is 442 Å². The van der Waals surface area contributed by atoms with Gasteiger partial charge < -0.3 is 37.9 Å². The number of rotatable bonds is 34. The fourth-order valence-electron chi connectivity index (χ4n) is 10.0. The van der Waals surface area contributed by atoms with E-state index in [2.05, 4.69) is 97.2 Å². The molecule has 0 radical (unpaired) electrons. The van der Waals surface area contributed by atoms with Gasteiger partial charge in [-0.1, -0.05) is 180 Å². The third-order valence-corrected chi connectivity index (χ3v) is 17.6. The average Bonchev–Trinajstić information content (AvgIpc) is 3.81. The largest absolute Gasteiger partial charge is 0.488 e. The van der Waals surface area contributed by atoms with E-state index in [0.29, 0.717) is 92.4 Å². The highest BCUT2D eigenvalue weighted by Crippen LogP contribution is 2.55. The first-order valence-electron chi connectivity index (χ1n) is 28.0. The summed E-state index contributed by atoms with van der Waals surface area (Å²) in [7, 11) is 0. The van der Waals surface area contributed by atoms with Crippen LogP contribution >= 0.6 is 34.3 Å². The van der Waals surface area contributed by atoms with Gasteiger partial charge in [-0.05, 0) is 60.1 Å². The van der Waals surface area contributed by atoms with Gasteiger partial charge in [0.25, 0.3) is 0 Å². The van der Waals surface area contributed by atoms with Crippen molar-refractivity contribution >= 4 is 45.0 Å². The number of hydrogen-bond acceptors (Lipinski definition) is 10. The summed E-state index contributed by atoms with van der Waals surface area (Å²) in [5.41, 5.74) is 1.20. The minimum Gasteiger partial charge on any atom is -0.488 e. The lowest BCUT2D eigenvalue weighted by Gasteiger charge is -2.32. The van der Waals surface area contributed by atoms with Gasteiger partial charge in [0.15, 0.2) is 23.0 Å². The van der Waals surface area contributed by atoms with Gasteiger partial charge in [0.1, 0.15) is 30.8 Å². The summed E-state index contributed by atoms with van der Waals surface area (Å²) in [6.45, 7) is 24.8. The Balaban J connectivity index is 1.24. The van der Waals surface area contributed by atoms with Crippen LogP contribution in [0.5, 0.6) is 23.0 Å². The standard InChI is InChI=1S/C60H91ClO8S2/c1-9-17-23-44(13-5)31-62-36-59(37-63-32-45(14-6)24-18-10-2)40-66-52-35-70-56(53(52)67-41-59)50-29-30-51(49-28-22-21-27-48(49)50)57-54-55(58(61)71-57)69-43-60(42-68-54,38-64-33-46(15-7)25-19-11-3)39-65-34-47(16-8)26-20-12-4/h21-22,27-30,35,44-47H,9-20,23-26,31-34,36-43H2,1-8H3. The minimum absolute atomic E-state index is 0.397. The molecule has 4 heterocycles. The zero-order valence-corrected chi connectivity index (χ0v) is 47.5. The number of halogens is 1. The minimum atomic E-state index is -0.497. The van der Waals surface area contributed by atoms with Gasteiger partial charge >= 0.3 is 0 Å². The first-order chi connectivity index (χ1) is 34.7. The van der Waals surface area contributed by atoms with Gasteiger partial charge in [0.05, 0.1) is 47.0 Å². The molecule has 0 saturated heterocycles. The SMILES string of the molecule is CCCCC(CC)COCC1(COCC(CC)CCCC)COc2csc(-c3ccc(-c4sc(Cl)c5c4OCC(COCC(CC)CCCC)(COCC(CC)CCCC)CO5)c4ccccc34)c2OC1. The highest BCUT2D eigenvalue weighted by atomic mass is 35.5. The molecule has 2 aromatic heterocycles. The van der Waals surface area contributed by atoms with Crippen LogP contribution in [0.3, 0.4) is 0 Å². The van der Waals surface area contributed by atoms with E-state index in [1.807, 2.05) is 0 Å². The van der Waals surface area contributed by atoms with E-state index in [4.69, 9.17) is 49.5 Å². The van der Waals surface area contributed by atoms with Crippen molar-refractivity contribution in [1.29, 1.82) is 0 Å². The fourth-order valence-corrected chi connectivity index (χ4v) is 12.3. The highest BCUT2D eigenvalue weighted by molar-refractivity contribution is 7.20. The Morgan fingerprint density at radius 3 is 1.28 bits per heavy atom. The van der Waals surface area contributed by atoms with E-state index in [1.165, 1.54) is 88.4 Å². The molecule has 8 nitrogen and oxygen atoms in total. The van der Waals surface area contributed by atoms with Gasteiger partial charge in [0, 0.05) is 42.9 Å². The van der Waals surface area contributed by atoms with Crippen molar-refractivity contribution < 1.29 is 37.9 Å². The van der Waals surface area contributed by atoms with Crippen LogP contribution in [0.2, 0.25) is 4.34 Å². The highest BCUT2D eigenvalue weighted by Gasteiger charge is 2.41. The number of ether oxygens (including phenoxy) is 8. The van der Waals surface area contributed by atoms with Crippen molar-refractivity contribution in [3.63, 3.8) is 0 Å². The maximum Gasteiger partial charge on any atom is 0.191 e. The Kier molecular flexibility index (Phi) is 24.5. The molecule has 2 aliphatic heterocycles. The first-order valence-corrected chi connectivity index (χ1v) is 30.1. The summed E-state index contributed by atoms with van der Waals surface area (Å²) in [5, 5.41) is 4.31. The first kappa shape index (κ1) is 57.7. The molecule has 0 N–H and O–H groups in total. The summed E-state index contributed by atoms with van der Waals surface area (Å²) in [5.74, 6) is 5.02. The molecular weight excluding hydrogens is 948 g/mol. The van der Waals surface area contributed by atoms with Gasteiger partial charge in [-0.25, -0.2) is 0 Å². The van der Waals surface area contributed by atoms with Gasteiger partial charge in [-0.15, -0.1) is 22.7 Å². The van der Waals surface area contributed by atoms with Crippen LogP contribution in [0.15, 0.2) is 41.8 Å². The molecule has 4 aromatic rings. The lowest BCUT2D eigenvalue weighted by molar-refractivity contribution is -0.0715. The molecule has 398 valence electrons. The molecule has 0 bridgehead atoms. The number of hydrogen-bond donors (Lipinski definition) is 0. The van der Waals surface area contributed by atoms with Crippen molar-refractivity contribution in [1.82, 2.24) is 0 Å². The van der Waals surface area contributed by atoms with Crippen molar-refractivity contribution in [3.05, 3.63) is 46.1 Å². The molecule has 2 aromatic carbocycles. The van der Waals surface area contributed by atoms with E-state index in [0.717, 1.165) is 95.3 Å². The summed E-state index contributed by atoms with van der Waals surface area (Å²) >= 11 is 10.3. The predicted octanol–water partition coefficient (Wildman–Crippen LogP) is 17.4. The maximum absolute atomic E-state index is 7.14. The van der Waals surface area contributed by atoms with E-state index in [-0.39, 0.29) is 0 Å². The molecule has 0 aliphatic carbocycles. The summed E-state index contributed by atoms with van der Waals surface area (Å²) in [4.78, 5) is 2.00. The monoisotopic (exact) mass is 1040 g/mol. The van der Waals surface area contributed by atoms with Crippen LogP contribution in [-0.4, -0.2) is 79.3 Å². The quantitative estimate of drug-likeness (QED) is 0.0458. The number of unbranched alkanes of at least 4 members (excludes halogenated alkanes) is 4. The third kappa shape index (κ3) is 16.0. The Hall–Kier alpha value is -2.57. The Bertz CT molecular complexity index is 2090. The molecule has 0 spiro atoms. The zero-order chi connectivity index (χ0) is 50.5. The molecule has 4 unspecified atom stereocenters. The molecule has 4 atom stereocenters. The van der Waals surface area contributed by atoms with Crippen LogP contribution in [0, 0.1) is 34.5 Å². The van der Waals surface area contributed by atoms with E-state index in [9.17, 15) is 0 Å². The second kappa shape index (κ2) is 30.1. The lowest BCUT2D eigenvalue weighted by Crippen LogP contribution is -2.43. The average molecular weight is 1040 g/mol. The van der Waals surface area contributed by atoms with Crippen LogP contribution in [0.25, 0.3) is 31.7 Å². The van der Waals surface area contributed by atoms with Crippen molar-refractivity contribution in [2.24, 2.45) is 34.5 Å². The summed E-state index contributed by atoms with van der Waals surface area (Å²) < 4.78 is 54.4. The second-order valence-corrected chi connectivity index (χ2v) is 23.7. The van der Waals surface area contributed by atoms with Crippen LogP contribution in [-0.2, 0) is 18.9 Å². The fraction of sp³-hybridized carbons (Fsp3) is 0.700. The third-order valence-electron chi connectivity index (χ3n) is 15.2. The number of thiophene rings is 2. The smallest absolute Gasteiger partial charge is 0.191 e. The van der Waals surface area contributed by atoms with Gasteiger partial charge in [-0.3, -0.25) is 0 Å². The van der Waals surface area contributed by atoms with Crippen LogP contribution in [0.1, 0.15) is 158 Å². The van der Waals surface area contributed by atoms with E-state index >= 15 is 0 Å². The van der Waals surface area contributed by atoms with Crippen LogP contribution < -0.4 is 18.9 Å². The molecule has 6 rings (SSSR count). The van der Waals surface area contributed by atoms with Crippen molar-refractivity contribution in [2.75, 3.05) is 79.3 Å². The maximum atomic E-state index is 7.14. The summed E-state index contributed by atoms with van der Waals surface area (Å²) in [6.07, 6.45) is 18.9. The molecule has 2 aliphatic rings. The predicted molar refractivity (Wildman–Crippen MR) is 299 cm³/mol. The molecular formula is C60H91ClO8S2. The molecule has 0 fully saturated rings. The number of benzene rings is 2. The van der Waals surface area contributed by atoms with E-state index in [1.54, 1.807) is 11.3 Å². The van der Waals surface area contributed by atoms with Crippen LogP contribution in [0.4, 0.5) is 0 Å². The Morgan fingerprint density at radius 1 is 0.493 bits per heavy atom. The van der Waals surface area contributed by atoms with E-state index < -0.39 is 10.8 Å². The molecule has 11 heteroatoms. The van der Waals surface area contributed by atoms with Gasteiger partial charge in [-0.2, -0.15) is 0 Å². The van der Waals surface area contributed by atoms with Crippen molar-refractivity contribution in [3.8, 4) is 43.9 Å². The second-order valence-electron chi connectivity index (χ2n) is 21.2. The van der Waals surface area contributed by atoms with Gasteiger partial charge in [0.2, 0.25) is 0 Å². The Morgan fingerprint density at radius 2 is 0.873 bits per heavy atom. The zero-order valence-electron chi connectivity index (χ0n) is 45.1. The lowest BCUT2D eigenvalue weighted by atomic mass is 9.91. The molecule has 71 heavy (non-hydrogen) atoms.